The highest BCUT2D eigenvalue weighted by Crippen LogP contribution is 2.23. The molecule has 0 saturated carbocycles. The summed E-state index contributed by atoms with van der Waals surface area (Å²) in [5.41, 5.74) is 6.32. The van der Waals surface area contributed by atoms with Gasteiger partial charge in [0, 0.05) is 46.8 Å². The van der Waals surface area contributed by atoms with Crippen LogP contribution in [-0.2, 0) is 29.7 Å². The molecule has 0 spiro atoms. The summed E-state index contributed by atoms with van der Waals surface area (Å²) in [5, 5.41) is 0. The number of ketones is 1. The molecule has 1 atom stereocenters. The molecule has 11 nitrogen and oxygen atoms in total. The molecular weight excluding hydrogens is 414 g/mol. The molecule has 1 saturated heterocycles. The molecule has 0 bridgehead atoms. The SMILES string of the molecule is CC(C)=CCn1c(N2CCCC(N)C2)nc2c1c(=O)n(CC(=O)C(=O)N(C)C)c(=O)n2C. The maximum absolute atomic E-state index is 13.4. The second kappa shape index (κ2) is 9.11. The van der Waals surface area contributed by atoms with Crippen molar-refractivity contribution in [2.24, 2.45) is 12.8 Å². The lowest BCUT2D eigenvalue weighted by atomic mass is 10.1. The zero-order chi connectivity index (χ0) is 23.7. The number of hydrogen-bond donors (Lipinski definition) is 1. The van der Waals surface area contributed by atoms with Crippen LogP contribution in [0, 0.1) is 0 Å². The summed E-state index contributed by atoms with van der Waals surface area (Å²) >= 11 is 0. The van der Waals surface area contributed by atoms with Crippen LogP contribution >= 0.6 is 0 Å². The summed E-state index contributed by atoms with van der Waals surface area (Å²) in [7, 11) is 4.38. The van der Waals surface area contributed by atoms with Crippen LogP contribution in [0.3, 0.4) is 0 Å². The third-order valence-electron chi connectivity index (χ3n) is 5.58. The van der Waals surface area contributed by atoms with E-state index in [9.17, 15) is 19.2 Å². The summed E-state index contributed by atoms with van der Waals surface area (Å²) < 4.78 is 3.81. The van der Waals surface area contributed by atoms with Crippen molar-refractivity contribution in [2.45, 2.75) is 45.8 Å². The number of aromatic nitrogens is 4. The molecule has 1 amide bonds. The number of anilines is 1. The van der Waals surface area contributed by atoms with Crippen molar-refractivity contribution < 1.29 is 9.59 Å². The van der Waals surface area contributed by atoms with Crippen LogP contribution in [0.4, 0.5) is 5.95 Å². The van der Waals surface area contributed by atoms with Crippen molar-refractivity contribution in [3.63, 3.8) is 0 Å². The Morgan fingerprint density at radius 1 is 1.22 bits per heavy atom. The van der Waals surface area contributed by atoms with E-state index in [1.807, 2.05) is 24.8 Å². The van der Waals surface area contributed by atoms with Crippen molar-refractivity contribution in [2.75, 3.05) is 32.1 Å². The molecule has 2 aromatic rings. The Balaban J connectivity index is 2.23. The first-order valence-electron chi connectivity index (χ1n) is 10.6. The summed E-state index contributed by atoms with van der Waals surface area (Å²) in [6, 6.07) is -0.00406. The lowest BCUT2D eigenvalue weighted by Gasteiger charge is -2.31. The number of rotatable bonds is 6. The number of Topliss-reactive ketones (excluding diaryl/α,β-unsaturated/α-hetero) is 1. The van der Waals surface area contributed by atoms with Crippen LogP contribution in [0.25, 0.3) is 11.2 Å². The van der Waals surface area contributed by atoms with Crippen molar-refractivity contribution in [1.29, 1.82) is 0 Å². The van der Waals surface area contributed by atoms with Gasteiger partial charge < -0.3 is 20.1 Å². The molecule has 3 rings (SSSR count). The molecule has 0 aliphatic carbocycles. The Labute approximate surface area is 185 Å². The quantitative estimate of drug-likeness (QED) is 0.466. The highest BCUT2D eigenvalue weighted by molar-refractivity contribution is 6.35. The van der Waals surface area contributed by atoms with Gasteiger partial charge in [-0.25, -0.2) is 4.79 Å². The predicted molar refractivity (Wildman–Crippen MR) is 122 cm³/mol. The Morgan fingerprint density at radius 3 is 2.50 bits per heavy atom. The number of hydrogen-bond acceptors (Lipinski definition) is 7. The molecule has 174 valence electrons. The molecule has 0 radical (unpaired) electrons. The molecule has 11 heteroatoms. The first-order chi connectivity index (χ1) is 15.0. The third kappa shape index (κ3) is 4.38. The average Bonchev–Trinajstić information content (AvgIpc) is 3.12. The van der Waals surface area contributed by atoms with E-state index in [2.05, 4.69) is 4.98 Å². The van der Waals surface area contributed by atoms with E-state index in [1.165, 1.54) is 25.7 Å². The number of allylic oxidation sites excluding steroid dienone is 2. The number of nitrogens with zero attached hydrogens (tertiary/aromatic N) is 6. The van der Waals surface area contributed by atoms with Crippen molar-refractivity contribution >= 4 is 28.8 Å². The molecule has 2 aromatic heterocycles. The monoisotopic (exact) mass is 445 g/mol. The lowest BCUT2D eigenvalue weighted by molar-refractivity contribution is -0.143. The van der Waals surface area contributed by atoms with Gasteiger partial charge in [-0.15, -0.1) is 0 Å². The first kappa shape index (κ1) is 23.5. The van der Waals surface area contributed by atoms with Gasteiger partial charge in [0.25, 0.3) is 11.5 Å². The van der Waals surface area contributed by atoms with Gasteiger partial charge in [-0.2, -0.15) is 4.98 Å². The molecule has 1 fully saturated rings. The van der Waals surface area contributed by atoms with Gasteiger partial charge in [-0.3, -0.25) is 23.5 Å². The summed E-state index contributed by atoms with van der Waals surface area (Å²) in [4.78, 5) is 58.5. The molecule has 1 aliphatic rings. The third-order valence-corrected chi connectivity index (χ3v) is 5.58. The van der Waals surface area contributed by atoms with Crippen LogP contribution in [0.5, 0.6) is 0 Å². The molecule has 1 aliphatic heterocycles. The molecule has 1 unspecified atom stereocenters. The van der Waals surface area contributed by atoms with Gasteiger partial charge in [0.1, 0.15) is 0 Å². The minimum atomic E-state index is -0.842. The molecule has 2 N–H and O–H groups in total. The van der Waals surface area contributed by atoms with Crippen molar-refractivity contribution in [3.05, 3.63) is 32.5 Å². The standard InChI is InChI=1S/C21H31N7O4/c1-13(2)8-10-27-16-17(23-20(27)26-9-6-7-14(22)11-26)25(5)21(32)28(19(16)31)12-15(29)18(30)24(3)4/h8,14H,6-7,9-12,22H2,1-5H3. The minimum absolute atomic E-state index is 0.00406. The van der Waals surface area contributed by atoms with E-state index in [-0.39, 0.29) is 17.2 Å². The van der Waals surface area contributed by atoms with Crippen LogP contribution in [0.1, 0.15) is 26.7 Å². The Kier molecular flexibility index (Phi) is 6.68. The van der Waals surface area contributed by atoms with Crippen LogP contribution in [-0.4, -0.2) is 68.5 Å². The number of amides is 1. The minimum Gasteiger partial charge on any atom is -0.342 e. The summed E-state index contributed by atoms with van der Waals surface area (Å²) in [6.07, 6.45) is 3.78. The fraction of sp³-hybridized carbons (Fsp3) is 0.571. The molecule has 0 aromatic carbocycles. The van der Waals surface area contributed by atoms with E-state index >= 15 is 0 Å². The first-order valence-corrected chi connectivity index (χ1v) is 10.6. The number of fused-ring (bicyclic) bond motifs is 1. The predicted octanol–water partition coefficient (Wildman–Crippen LogP) is -0.552. The van der Waals surface area contributed by atoms with E-state index in [0.717, 1.165) is 34.4 Å². The summed E-state index contributed by atoms with van der Waals surface area (Å²) in [6.45, 7) is 4.98. The topological polar surface area (TPSA) is 128 Å². The van der Waals surface area contributed by atoms with E-state index in [4.69, 9.17) is 5.73 Å². The summed E-state index contributed by atoms with van der Waals surface area (Å²) in [5.74, 6) is -1.06. The maximum atomic E-state index is 13.4. The number of carbonyl (C=O) groups excluding carboxylic acids is 2. The van der Waals surface area contributed by atoms with Crippen molar-refractivity contribution in [1.82, 2.24) is 23.6 Å². The zero-order valence-electron chi connectivity index (χ0n) is 19.3. The number of likely N-dealkylation sites (N-methyl/N-ethyl adjacent to an activating group) is 1. The van der Waals surface area contributed by atoms with Gasteiger partial charge >= 0.3 is 5.69 Å². The number of piperidine rings is 1. The van der Waals surface area contributed by atoms with Crippen molar-refractivity contribution in [3.8, 4) is 0 Å². The smallest absolute Gasteiger partial charge is 0.332 e. The highest BCUT2D eigenvalue weighted by Gasteiger charge is 2.27. The second-order valence-corrected chi connectivity index (χ2v) is 8.68. The fourth-order valence-electron chi connectivity index (χ4n) is 3.84. The van der Waals surface area contributed by atoms with E-state index in [1.54, 1.807) is 4.57 Å². The number of imidazole rings is 1. The Hall–Kier alpha value is -3.21. The molecule has 3 heterocycles. The van der Waals surface area contributed by atoms with Gasteiger partial charge in [0.05, 0.1) is 6.54 Å². The van der Waals surface area contributed by atoms with E-state index in [0.29, 0.717) is 19.0 Å². The average molecular weight is 446 g/mol. The maximum Gasteiger partial charge on any atom is 0.332 e. The zero-order valence-corrected chi connectivity index (χ0v) is 19.3. The number of aryl methyl sites for hydroxylation is 1. The Morgan fingerprint density at radius 2 is 1.91 bits per heavy atom. The van der Waals surface area contributed by atoms with Gasteiger partial charge in [0.2, 0.25) is 11.7 Å². The van der Waals surface area contributed by atoms with Crippen LogP contribution in [0.2, 0.25) is 0 Å². The van der Waals surface area contributed by atoms with E-state index < -0.39 is 29.5 Å². The molecule has 32 heavy (non-hydrogen) atoms. The fourth-order valence-corrected chi connectivity index (χ4v) is 3.84. The van der Waals surface area contributed by atoms with Gasteiger partial charge in [-0.05, 0) is 26.7 Å². The van der Waals surface area contributed by atoms with Gasteiger partial charge in [0.15, 0.2) is 11.2 Å². The lowest BCUT2D eigenvalue weighted by Crippen LogP contribution is -2.44. The highest BCUT2D eigenvalue weighted by atomic mass is 16.2. The van der Waals surface area contributed by atoms with Gasteiger partial charge in [-0.1, -0.05) is 11.6 Å². The largest absolute Gasteiger partial charge is 0.342 e. The number of carbonyl (C=O) groups is 2. The second-order valence-electron chi connectivity index (χ2n) is 8.68. The van der Waals surface area contributed by atoms with Crippen LogP contribution in [0.15, 0.2) is 21.2 Å². The Bertz CT molecular complexity index is 1200. The number of nitrogens with two attached hydrogens (primary N) is 1. The normalized spacial score (nSPS) is 16.3. The molecular formula is C21H31N7O4. The van der Waals surface area contributed by atoms with Crippen LogP contribution < -0.4 is 21.9 Å².